The van der Waals surface area contributed by atoms with Crippen molar-refractivity contribution in [3.63, 3.8) is 0 Å². The van der Waals surface area contributed by atoms with E-state index in [0.29, 0.717) is 24.9 Å². The summed E-state index contributed by atoms with van der Waals surface area (Å²) in [6.07, 6.45) is 4.01. The van der Waals surface area contributed by atoms with E-state index < -0.39 is 21.4 Å². The fourth-order valence-electron chi connectivity index (χ4n) is 3.27. The van der Waals surface area contributed by atoms with Crippen molar-refractivity contribution in [2.75, 3.05) is 13.1 Å². The number of rotatable bonds is 8. The zero-order chi connectivity index (χ0) is 19.2. The summed E-state index contributed by atoms with van der Waals surface area (Å²) in [4.78, 5) is 23.9. The van der Waals surface area contributed by atoms with E-state index >= 15 is 0 Å². The van der Waals surface area contributed by atoms with Crippen LogP contribution < -0.4 is 10.0 Å². The lowest BCUT2D eigenvalue weighted by atomic mass is 9.74. The molecule has 8 heteroatoms. The summed E-state index contributed by atoms with van der Waals surface area (Å²) in [6, 6.07) is 6.11. The van der Waals surface area contributed by atoms with Crippen molar-refractivity contribution < 1.29 is 23.1 Å². The first-order valence-electron chi connectivity index (χ1n) is 8.88. The lowest BCUT2D eigenvalue weighted by Crippen LogP contribution is -2.44. The van der Waals surface area contributed by atoms with Crippen LogP contribution in [0.5, 0.6) is 0 Å². The average Bonchev–Trinajstić information content (AvgIpc) is 2.61. The van der Waals surface area contributed by atoms with Gasteiger partial charge in [-0.15, -0.1) is 0 Å². The van der Waals surface area contributed by atoms with Crippen molar-refractivity contribution in [3.8, 4) is 0 Å². The largest absolute Gasteiger partial charge is 0.481 e. The van der Waals surface area contributed by atoms with E-state index in [9.17, 15) is 23.1 Å². The van der Waals surface area contributed by atoms with E-state index in [0.717, 1.165) is 19.3 Å². The van der Waals surface area contributed by atoms with Gasteiger partial charge in [0.05, 0.1) is 16.7 Å². The molecule has 0 heterocycles. The molecule has 1 saturated carbocycles. The molecule has 0 aliphatic heterocycles. The standard InChI is InChI=1S/C18H26N2O5S/c1-2-20-26(24,25)15-8-6-14(7-9-15)12-16(21)19-13-18(17(22)23)10-4-3-5-11-18/h6-9,20H,2-5,10-13H2,1H3,(H,19,21)(H,22,23). The number of sulfonamides is 1. The zero-order valence-corrected chi connectivity index (χ0v) is 15.8. The molecule has 2 rings (SSSR count). The van der Waals surface area contributed by atoms with Crippen molar-refractivity contribution >= 4 is 21.9 Å². The summed E-state index contributed by atoms with van der Waals surface area (Å²) in [7, 11) is -3.51. The lowest BCUT2D eigenvalue weighted by molar-refractivity contribution is -0.151. The molecular formula is C18H26N2O5S. The van der Waals surface area contributed by atoms with Gasteiger partial charge >= 0.3 is 5.97 Å². The minimum Gasteiger partial charge on any atom is -0.481 e. The van der Waals surface area contributed by atoms with Crippen LogP contribution in [0, 0.1) is 5.41 Å². The Morgan fingerprint density at radius 2 is 1.73 bits per heavy atom. The maximum Gasteiger partial charge on any atom is 0.311 e. The van der Waals surface area contributed by atoms with Crippen LogP contribution in [0.2, 0.25) is 0 Å². The van der Waals surface area contributed by atoms with Crippen LogP contribution in [0.15, 0.2) is 29.2 Å². The van der Waals surface area contributed by atoms with Gasteiger partial charge in [-0.2, -0.15) is 0 Å². The first-order chi connectivity index (χ1) is 12.3. The molecule has 144 valence electrons. The van der Waals surface area contributed by atoms with Gasteiger partial charge in [-0.25, -0.2) is 13.1 Å². The Hall–Kier alpha value is -1.93. The van der Waals surface area contributed by atoms with Crippen LogP contribution in [0.1, 0.15) is 44.6 Å². The predicted molar refractivity (Wildman–Crippen MR) is 97.2 cm³/mol. The third-order valence-electron chi connectivity index (χ3n) is 4.82. The quantitative estimate of drug-likeness (QED) is 0.633. The molecule has 0 saturated heterocycles. The van der Waals surface area contributed by atoms with Crippen LogP contribution in [-0.4, -0.2) is 38.5 Å². The molecule has 0 bridgehead atoms. The van der Waals surface area contributed by atoms with Crippen LogP contribution in [0.25, 0.3) is 0 Å². The fraction of sp³-hybridized carbons (Fsp3) is 0.556. The summed E-state index contributed by atoms with van der Waals surface area (Å²) < 4.78 is 26.2. The highest BCUT2D eigenvalue weighted by Gasteiger charge is 2.39. The fourth-order valence-corrected chi connectivity index (χ4v) is 4.31. The SMILES string of the molecule is CCNS(=O)(=O)c1ccc(CC(=O)NCC2(C(=O)O)CCCCC2)cc1. The molecule has 0 aromatic heterocycles. The Kier molecular flexibility index (Phi) is 6.77. The number of carboxylic acid groups (broad SMARTS) is 1. The van der Waals surface area contributed by atoms with E-state index in [4.69, 9.17) is 0 Å². The van der Waals surface area contributed by atoms with Crippen molar-refractivity contribution in [2.24, 2.45) is 5.41 Å². The number of carbonyl (C=O) groups is 2. The number of nitrogens with one attached hydrogen (secondary N) is 2. The summed E-state index contributed by atoms with van der Waals surface area (Å²) in [5.41, 5.74) is -0.191. The molecule has 26 heavy (non-hydrogen) atoms. The molecule has 1 aliphatic rings. The van der Waals surface area contributed by atoms with Gasteiger partial charge in [0.25, 0.3) is 0 Å². The molecule has 7 nitrogen and oxygen atoms in total. The van der Waals surface area contributed by atoms with Gasteiger partial charge < -0.3 is 10.4 Å². The Balaban J connectivity index is 1.94. The highest BCUT2D eigenvalue weighted by atomic mass is 32.2. The second kappa shape index (κ2) is 8.64. The van der Waals surface area contributed by atoms with Gasteiger partial charge in [0.1, 0.15) is 0 Å². The molecule has 3 N–H and O–H groups in total. The molecule has 1 fully saturated rings. The minimum absolute atomic E-state index is 0.0806. The second-order valence-corrected chi connectivity index (χ2v) is 8.51. The minimum atomic E-state index is -3.51. The van der Waals surface area contributed by atoms with E-state index in [1.807, 2.05) is 0 Å². The van der Waals surface area contributed by atoms with Crippen LogP contribution in [0.4, 0.5) is 0 Å². The van der Waals surface area contributed by atoms with Crippen molar-refractivity contribution in [1.82, 2.24) is 10.0 Å². The van der Waals surface area contributed by atoms with Gasteiger partial charge in [0.2, 0.25) is 15.9 Å². The summed E-state index contributed by atoms with van der Waals surface area (Å²) >= 11 is 0. The molecule has 1 aromatic rings. The van der Waals surface area contributed by atoms with Crippen LogP contribution in [-0.2, 0) is 26.0 Å². The molecule has 0 unspecified atom stereocenters. The van der Waals surface area contributed by atoms with Crippen molar-refractivity contribution in [2.45, 2.75) is 50.3 Å². The monoisotopic (exact) mass is 382 g/mol. The zero-order valence-electron chi connectivity index (χ0n) is 15.0. The van der Waals surface area contributed by atoms with Crippen LogP contribution >= 0.6 is 0 Å². The number of hydrogen-bond acceptors (Lipinski definition) is 4. The first kappa shape index (κ1) is 20.4. The summed E-state index contributed by atoms with van der Waals surface area (Å²) in [5.74, 6) is -1.12. The average molecular weight is 382 g/mol. The number of carboxylic acids is 1. The van der Waals surface area contributed by atoms with Gasteiger partial charge in [0, 0.05) is 13.1 Å². The highest BCUT2D eigenvalue weighted by Crippen LogP contribution is 2.36. The van der Waals surface area contributed by atoms with Crippen molar-refractivity contribution in [3.05, 3.63) is 29.8 Å². The molecule has 1 aromatic carbocycles. The molecule has 1 amide bonds. The van der Waals surface area contributed by atoms with E-state index in [-0.39, 0.29) is 23.8 Å². The number of benzene rings is 1. The summed E-state index contributed by atoms with van der Waals surface area (Å²) in [6.45, 7) is 2.14. The van der Waals surface area contributed by atoms with E-state index in [1.54, 1.807) is 19.1 Å². The maximum absolute atomic E-state index is 12.2. The van der Waals surface area contributed by atoms with Gasteiger partial charge in [-0.05, 0) is 30.5 Å². The third-order valence-corrected chi connectivity index (χ3v) is 6.38. The first-order valence-corrected chi connectivity index (χ1v) is 10.4. The Bertz CT molecular complexity index is 737. The normalized spacial score (nSPS) is 16.8. The molecule has 0 spiro atoms. The van der Waals surface area contributed by atoms with Gasteiger partial charge in [-0.3, -0.25) is 9.59 Å². The second-order valence-electron chi connectivity index (χ2n) is 6.74. The van der Waals surface area contributed by atoms with Gasteiger partial charge in [-0.1, -0.05) is 38.3 Å². The topological polar surface area (TPSA) is 113 Å². The molecule has 0 atom stereocenters. The van der Waals surface area contributed by atoms with E-state index in [2.05, 4.69) is 10.0 Å². The van der Waals surface area contributed by atoms with Crippen LogP contribution in [0.3, 0.4) is 0 Å². The smallest absolute Gasteiger partial charge is 0.311 e. The number of hydrogen-bond donors (Lipinski definition) is 3. The Labute approximate surface area is 154 Å². The predicted octanol–water partition coefficient (Wildman–Crippen LogP) is 1.68. The van der Waals surface area contributed by atoms with Gasteiger partial charge in [0.15, 0.2) is 0 Å². The molecule has 1 aliphatic carbocycles. The van der Waals surface area contributed by atoms with Crippen molar-refractivity contribution in [1.29, 1.82) is 0 Å². The highest BCUT2D eigenvalue weighted by molar-refractivity contribution is 7.89. The number of amides is 1. The van der Waals surface area contributed by atoms with E-state index in [1.165, 1.54) is 12.1 Å². The third kappa shape index (κ3) is 5.04. The molecule has 0 radical (unpaired) electrons. The summed E-state index contributed by atoms with van der Waals surface area (Å²) in [5, 5.41) is 12.3. The lowest BCUT2D eigenvalue weighted by Gasteiger charge is -2.33. The number of aliphatic carboxylic acids is 1. The number of carbonyl (C=O) groups excluding carboxylic acids is 1. The maximum atomic E-state index is 12.2. The molecular weight excluding hydrogens is 356 g/mol. The Morgan fingerprint density at radius 1 is 1.12 bits per heavy atom. The Morgan fingerprint density at radius 3 is 2.27 bits per heavy atom.